The number of nitrogens with two attached hydrogens (primary N) is 1. The van der Waals surface area contributed by atoms with Gasteiger partial charge in [-0.15, -0.1) is 0 Å². The average Bonchev–Trinajstić information content (AvgIpc) is 2.15. The second-order valence-corrected chi connectivity index (χ2v) is 4.92. The number of likely N-dealkylation sites (tertiary alicyclic amines) is 1. The molecule has 2 atom stereocenters. The zero-order valence-electron chi connectivity index (χ0n) is 9.70. The molecule has 2 nitrogen and oxygen atoms in total. The van der Waals surface area contributed by atoms with Crippen LogP contribution in [0.1, 0.15) is 18.9 Å². The Labute approximate surface area is 96.2 Å². The quantitative estimate of drug-likeness (QED) is 0.829. The van der Waals surface area contributed by atoms with E-state index in [1.165, 1.54) is 6.07 Å². The van der Waals surface area contributed by atoms with Gasteiger partial charge in [-0.2, -0.15) is 0 Å². The molecule has 0 radical (unpaired) electrons. The van der Waals surface area contributed by atoms with Crippen LogP contribution >= 0.6 is 0 Å². The second kappa shape index (κ2) is 4.93. The average molecular weight is 222 g/mol. The topological polar surface area (TPSA) is 29.3 Å². The predicted molar refractivity (Wildman–Crippen MR) is 63.4 cm³/mol. The first-order chi connectivity index (χ1) is 7.63. The molecule has 1 fully saturated rings. The summed E-state index contributed by atoms with van der Waals surface area (Å²) in [7, 11) is 0. The van der Waals surface area contributed by atoms with Gasteiger partial charge in [-0.3, -0.25) is 4.90 Å². The van der Waals surface area contributed by atoms with E-state index in [0.717, 1.165) is 31.6 Å². The van der Waals surface area contributed by atoms with Gasteiger partial charge in [-0.1, -0.05) is 19.1 Å². The van der Waals surface area contributed by atoms with Crippen molar-refractivity contribution in [3.8, 4) is 0 Å². The highest BCUT2D eigenvalue weighted by Gasteiger charge is 2.21. The largest absolute Gasteiger partial charge is 0.327 e. The summed E-state index contributed by atoms with van der Waals surface area (Å²) in [4.78, 5) is 2.31. The smallest absolute Gasteiger partial charge is 0.123 e. The van der Waals surface area contributed by atoms with Gasteiger partial charge in [0, 0.05) is 25.7 Å². The molecule has 0 aliphatic carbocycles. The minimum atomic E-state index is -0.160. The van der Waals surface area contributed by atoms with Crippen LogP contribution in [0.4, 0.5) is 4.39 Å². The highest BCUT2D eigenvalue weighted by molar-refractivity contribution is 5.16. The van der Waals surface area contributed by atoms with Gasteiger partial charge >= 0.3 is 0 Å². The molecule has 1 aromatic rings. The summed E-state index contributed by atoms with van der Waals surface area (Å²) < 4.78 is 13.0. The summed E-state index contributed by atoms with van der Waals surface area (Å²) in [6.45, 7) is 5.00. The van der Waals surface area contributed by atoms with E-state index in [4.69, 9.17) is 5.73 Å². The van der Waals surface area contributed by atoms with E-state index in [9.17, 15) is 4.39 Å². The third-order valence-electron chi connectivity index (χ3n) is 3.06. The van der Waals surface area contributed by atoms with Gasteiger partial charge in [0.15, 0.2) is 0 Å². The van der Waals surface area contributed by atoms with E-state index in [1.54, 1.807) is 12.1 Å². The molecule has 0 bridgehead atoms. The highest BCUT2D eigenvalue weighted by atomic mass is 19.1. The normalized spacial score (nSPS) is 26.9. The minimum Gasteiger partial charge on any atom is -0.327 e. The fourth-order valence-electron chi connectivity index (χ4n) is 2.54. The summed E-state index contributed by atoms with van der Waals surface area (Å²) >= 11 is 0. The lowest BCUT2D eigenvalue weighted by Gasteiger charge is -2.34. The third-order valence-corrected chi connectivity index (χ3v) is 3.06. The molecule has 2 unspecified atom stereocenters. The predicted octanol–water partition coefficient (Wildman–Crippen LogP) is 1.99. The van der Waals surface area contributed by atoms with Gasteiger partial charge in [0.2, 0.25) is 0 Å². The minimum absolute atomic E-state index is 0.160. The Hall–Kier alpha value is -0.930. The van der Waals surface area contributed by atoms with E-state index in [0.29, 0.717) is 5.92 Å². The van der Waals surface area contributed by atoms with E-state index in [-0.39, 0.29) is 11.9 Å². The molecule has 0 spiro atoms. The van der Waals surface area contributed by atoms with E-state index in [1.807, 2.05) is 6.07 Å². The van der Waals surface area contributed by atoms with Crippen molar-refractivity contribution in [3.63, 3.8) is 0 Å². The van der Waals surface area contributed by atoms with Crippen molar-refractivity contribution < 1.29 is 4.39 Å². The number of benzene rings is 1. The lowest BCUT2D eigenvalue weighted by atomic mass is 9.96. The third kappa shape index (κ3) is 3.03. The fourth-order valence-corrected chi connectivity index (χ4v) is 2.54. The SMILES string of the molecule is CC1CC(N)CN(Cc2cccc(F)c2)C1. The van der Waals surface area contributed by atoms with Gasteiger partial charge in [0.05, 0.1) is 0 Å². The summed E-state index contributed by atoms with van der Waals surface area (Å²) in [5.41, 5.74) is 7.01. The number of nitrogens with zero attached hydrogens (tertiary/aromatic N) is 1. The maximum Gasteiger partial charge on any atom is 0.123 e. The van der Waals surface area contributed by atoms with Crippen LogP contribution in [-0.2, 0) is 6.54 Å². The molecule has 1 aliphatic rings. The van der Waals surface area contributed by atoms with Crippen molar-refractivity contribution in [2.75, 3.05) is 13.1 Å². The number of piperidine rings is 1. The van der Waals surface area contributed by atoms with Gasteiger partial charge in [-0.25, -0.2) is 4.39 Å². The van der Waals surface area contributed by atoms with E-state index in [2.05, 4.69) is 11.8 Å². The molecule has 0 amide bonds. The van der Waals surface area contributed by atoms with Crippen LogP contribution in [0.25, 0.3) is 0 Å². The Kier molecular flexibility index (Phi) is 3.56. The van der Waals surface area contributed by atoms with Crippen molar-refractivity contribution >= 4 is 0 Å². The Morgan fingerprint density at radius 3 is 2.94 bits per heavy atom. The summed E-state index contributed by atoms with van der Waals surface area (Å²) in [6, 6.07) is 7.07. The summed E-state index contributed by atoms with van der Waals surface area (Å²) in [6.07, 6.45) is 1.10. The van der Waals surface area contributed by atoms with Crippen LogP contribution in [0.5, 0.6) is 0 Å². The van der Waals surface area contributed by atoms with E-state index >= 15 is 0 Å². The van der Waals surface area contributed by atoms with Crippen LogP contribution in [0.3, 0.4) is 0 Å². The molecule has 1 aliphatic heterocycles. The second-order valence-electron chi connectivity index (χ2n) is 4.92. The van der Waals surface area contributed by atoms with Crippen molar-refractivity contribution in [2.24, 2.45) is 11.7 Å². The summed E-state index contributed by atoms with van der Waals surface area (Å²) in [5.74, 6) is 0.476. The van der Waals surface area contributed by atoms with Gasteiger partial charge in [0.1, 0.15) is 5.82 Å². The van der Waals surface area contributed by atoms with Crippen molar-refractivity contribution in [1.82, 2.24) is 4.90 Å². The first-order valence-electron chi connectivity index (χ1n) is 5.86. The highest BCUT2D eigenvalue weighted by Crippen LogP contribution is 2.17. The Bertz CT molecular complexity index is 344. The number of hydrogen-bond donors (Lipinski definition) is 1. The Morgan fingerprint density at radius 2 is 2.25 bits per heavy atom. The standard InChI is InChI=1S/C13H19FN2/c1-10-5-13(15)9-16(7-10)8-11-3-2-4-12(14)6-11/h2-4,6,10,13H,5,7-9,15H2,1H3. The molecule has 2 N–H and O–H groups in total. The van der Waals surface area contributed by atoms with Gasteiger partial charge in [-0.05, 0) is 30.0 Å². The van der Waals surface area contributed by atoms with Crippen molar-refractivity contribution in [3.05, 3.63) is 35.6 Å². The molecule has 0 aromatic heterocycles. The molecule has 88 valence electrons. The van der Waals surface area contributed by atoms with E-state index < -0.39 is 0 Å². The van der Waals surface area contributed by atoms with Crippen molar-refractivity contribution in [1.29, 1.82) is 0 Å². The maximum atomic E-state index is 13.0. The zero-order chi connectivity index (χ0) is 11.5. The maximum absolute atomic E-state index is 13.0. The first kappa shape index (κ1) is 11.6. The molecule has 1 saturated heterocycles. The molecule has 3 heteroatoms. The number of rotatable bonds is 2. The van der Waals surface area contributed by atoms with Gasteiger partial charge in [0.25, 0.3) is 0 Å². The first-order valence-corrected chi connectivity index (χ1v) is 5.86. The zero-order valence-corrected chi connectivity index (χ0v) is 9.70. The monoisotopic (exact) mass is 222 g/mol. The summed E-state index contributed by atoms with van der Waals surface area (Å²) in [5, 5.41) is 0. The molecule has 0 saturated carbocycles. The molecular formula is C13H19FN2. The molecule has 2 rings (SSSR count). The lowest BCUT2D eigenvalue weighted by Crippen LogP contribution is -2.45. The number of halogens is 1. The molecular weight excluding hydrogens is 203 g/mol. The van der Waals surface area contributed by atoms with Crippen LogP contribution < -0.4 is 5.73 Å². The lowest BCUT2D eigenvalue weighted by molar-refractivity contribution is 0.158. The van der Waals surface area contributed by atoms with Crippen LogP contribution in [0, 0.1) is 11.7 Å². The fraction of sp³-hybridized carbons (Fsp3) is 0.538. The van der Waals surface area contributed by atoms with Crippen LogP contribution in [-0.4, -0.2) is 24.0 Å². The Morgan fingerprint density at radius 1 is 1.44 bits per heavy atom. The molecule has 1 aromatic carbocycles. The Balaban J connectivity index is 1.98. The van der Waals surface area contributed by atoms with Crippen molar-refractivity contribution in [2.45, 2.75) is 25.9 Å². The molecule has 16 heavy (non-hydrogen) atoms. The van der Waals surface area contributed by atoms with Crippen LogP contribution in [0.15, 0.2) is 24.3 Å². The van der Waals surface area contributed by atoms with Gasteiger partial charge < -0.3 is 5.73 Å². The molecule has 1 heterocycles. The van der Waals surface area contributed by atoms with Crippen LogP contribution in [0.2, 0.25) is 0 Å². The number of hydrogen-bond acceptors (Lipinski definition) is 2.